The largest absolute Gasteiger partial charge is 0.741 e. The molecule has 0 radical (unpaired) electrons. The van der Waals surface area contributed by atoms with Crippen LogP contribution in [0, 0.1) is 6.45 Å². The second-order valence-electron chi connectivity index (χ2n) is 4.73. The molecule has 3 rings (SSSR count). The lowest BCUT2D eigenvalue weighted by molar-refractivity contribution is -0.591. The normalized spacial score (nSPS) is 14.3. The van der Waals surface area contributed by atoms with Gasteiger partial charge >= 0.3 is 26.7 Å². The van der Waals surface area contributed by atoms with Gasteiger partial charge in [0.05, 0.1) is 5.69 Å². The summed E-state index contributed by atoms with van der Waals surface area (Å²) in [5, 5.41) is 2.08. The van der Waals surface area contributed by atoms with Crippen LogP contribution >= 0.6 is 11.3 Å². The van der Waals surface area contributed by atoms with Gasteiger partial charge in [-0.3, -0.25) is 9.59 Å². The zero-order valence-electron chi connectivity index (χ0n) is 13.0. The Morgan fingerprint density at radius 2 is 1.52 bits per heavy atom. The summed E-state index contributed by atoms with van der Waals surface area (Å²) in [4.78, 5) is 24.3. The van der Waals surface area contributed by atoms with Crippen LogP contribution in [0.5, 0.6) is 0 Å². The minimum atomic E-state index is -6.09. The number of carbonyl (C=O) groups is 2. The number of halogens is 4. The Hall–Kier alpha value is -1.77. The molecule has 6 nitrogen and oxygen atoms in total. The molecule has 1 aromatic heterocycles. The average molecular weight is 531 g/mol. The summed E-state index contributed by atoms with van der Waals surface area (Å²) in [7, 11) is -6.09. The second-order valence-corrected chi connectivity index (χ2v) is 10.7. The fraction of sp³-hybridized carbons (Fsp3) is 0.0667. The quantitative estimate of drug-likeness (QED) is 0.228. The van der Waals surface area contributed by atoms with Gasteiger partial charge in [-0.05, 0) is 35.7 Å². The molecule has 0 N–H and O–H groups in total. The fourth-order valence-corrected chi connectivity index (χ4v) is 5.36. The van der Waals surface area contributed by atoms with Crippen LogP contribution in [0.1, 0.15) is 0 Å². The molecule has 0 saturated carbocycles. The minimum absolute atomic E-state index is 0.168. The fourth-order valence-electron chi connectivity index (χ4n) is 1.73. The third-order valence-electron chi connectivity index (χ3n) is 2.87. The molecular weight excluding hydrogens is 522 g/mol. The zero-order chi connectivity index (χ0) is 20.2. The first kappa shape index (κ1) is 21.5. The molecule has 0 spiro atoms. The Labute approximate surface area is 166 Å². The summed E-state index contributed by atoms with van der Waals surface area (Å²) >= 11 is 1.60. The van der Waals surface area contributed by atoms with E-state index in [4.69, 9.17) is 13.0 Å². The monoisotopic (exact) mass is 531 g/mol. The summed E-state index contributed by atoms with van der Waals surface area (Å²) in [5.74, 6) is -0.545. The van der Waals surface area contributed by atoms with Crippen LogP contribution < -0.4 is 26.1 Å². The Kier molecular flexibility index (Phi) is 6.77. The van der Waals surface area contributed by atoms with Crippen molar-refractivity contribution in [3.8, 4) is 0 Å². The third kappa shape index (κ3) is 5.85. The Morgan fingerprint density at radius 3 is 1.93 bits per heavy atom. The van der Waals surface area contributed by atoms with Crippen molar-refractivity contribution in [2.75, 3.05) is 4.90 Å². The SMILES string of the molecule is O=C1C=CC(=O)N1c1ccc([I+]c2cccs2)cc1.O=S(=O)([O-])C(F)(F)F. The number of hydrogen-bond acceptors (Lipinski definition) is 6. The van der Waals surface area contributed by atoms with E-state index in [-0.39, 0.29) is 33.0 Å². The van der Waals surface area contributed by atoms with Gasteiger partial charge < -0.3 is 4.55 Å². The molecule has 0 fully saturated rings. The van der Waals surface area contributed by atoms with E-state index in [2.05, 4.69) is 17.5 Å². The Bertz CT molecular complexity index is 936. The number of benzene rings is 1. The molecule has 27 heavy (non-hydrogen) atoms. The molecule has 1 aromatic carbocycles. The molecule has 0 aliphatic carbocycles. The number of rotatable bonds is 3. The lowest BCUT2D eigenvalue weighted by Crippen LogP contribution is -3.61. The third-order valence-corrected chi connectivity index (χ3v) is 7.60. The van der Waals surface area contributed by atoms with E-state index < -0.39 is 15.6 Å². The number of thiophene rings is 1. The van der Waals surface area contributed by atoms with Crippen molar-refractivity contribution in [3.63, 3.8) is 0 Å². The van der Waals surface area contributed by atoms with E-state index in [1.807, 2.05) is 24.3 Å². The highest BCUT2D eigenvalue weighted by Gasteiger charge is 2.36. The Balaban J connectivity index is 0.000000279. The van der Waals surface area contributed by atoms with Crippen LogP contribution in [0.3, 0.4) is 0 Å². The van der Waals surface area contributed by atoms with Crippen molar-refractivity contribution in [1.29, 1.82) is 0 Å². The number of carbonyl (C=O) groups excluding carboxylic acids is 2. The summed E-state index contributed by atoms with van der Waals surface area (Å²) in [6.45, 7) is 0. The number of nitrogens with zero attached hydrogens (tertiary/aromatic N) is 1. The molecule has 1 aliphatic heterocycles. The van der Waals surface area contributed by atoms with Gasteiger partial charge in [-0.2, -0.15) is 13.2 Å². The van der Waals surface area contributed by atoms with Gasteiger partial charge in [0, 0.05) is 18.2 Å². The number of anilines is 1. The van der Waals surface area contributed by atoms with Crippen LogP contribution in [0.25, 0.3) is 0 Å². The maximum Gasteiger partial charge on any atom is 0.485 e. The van der Waals surface area contributed by atoms with Gasteiger partial charge in [0.1, 0.15) is 0 Å². The van der Waals surface area contributed by atoms with E-state index in [0.29, 0.717) is 5.69 Å². The van der Waals surface area contributed by atoms with Gasteiger partial charge in [-0.15, -0.1) is 0 Å². The van der Waals surface area contributed by atoms with Crippen molar-refractivity contribution >= 4 is 39.0 Å². The Morgan fingerprint density at radius 1 is 1.00 bits per heavy atom. The first-order valence-corrected chi connectivity index (χ1v) is 11.3. The molecule has 144 valence electrons. The van der Waals surface area contributed by atoms with E-state index in [9.17, 15) is 22.8 Å². The van der Waals surface area contributed by atoms with Gasteiger partial charge in [-0.25, -0.2) is 13.3 Å². The average Bonchev–Trinajstić information content (AvgIpc) is 3.17. The van der Waals surface area contributed by atoms with Gasteiger partial charge in [0.25, 0.3) is 11.8 Å². The van der Waals surface area contributed by atoms with Crippen LogP contribution in [-0.2, 0) is 19.7 Å². The van der Waals surface area contributed by atoms with Crippen molar-refractivity contribution in [1.82, 2.24) is 0 Å². The summed E-state index contributed by atoms with van der Waals surface area (Å²) < 4.78 is 61.6. The summed E-state index contributed by atoms with van der Waals surface area (Å²) in [6.07, 6.45) is 2.60. The first-order valence-electron chi connectivity index (χ1n) is 6.86. The molecular formula is C15H9F3INO5S2. The number of imide groups is 1. The van der Waals surface area contributed by atoms with Crippen molar-refractivity contribution in [2.24, 2.45) is 0 Å². The highest BCUT2D eigenvalue weighted by Crippen LogP contribution is 2.20. The molecule has 2 aromatic rings. The molecule has 12 heteroatoms. The molecule has 0 unspecified atom stereocenters. The molecule has 0 atom stereocenters. The lowest BCUT2D eigenvalue weighted by Gasteiger charge is -2.12. The van der Waals surface area contributed by atoms with Crippen molar-refractivity contribution in [2.45, 2.75) is 5.51 Å². The van der Waals surface area contributed by atoms with Gasteiger partial charge in [0.2, 0.25) is 2.88 Å². The minimum Gasteiger partial charge on any atom is -0.741 e. The summed E-state index contributed by atoms with van der Waals surface area (Å²) in [5.41, 5.74) is -5.01. The van der Waals surface area contributed by atoms with Gasteiger partial charge in [-0.1, -0.05) is 11.3 Å². The highest BCUT2D eigenvalue weighted by molar-refractivity contribution is 7.86. The highest BCUT2D eigenvalue weighted by atomic mass is 127. The molecule has 0 saturated heterocycles. The van der Waals surface area contributed by atoms with Gasteiger partial charge in [0.15, 0.2) is 13.7 Å². The second kappa shape index (κ2) is 8.50. The molecule has 2 heterocycles. The predicted octanol–water partition coefficient (Wildman–Crippen LogP) is -0.643. The predicted molar refractivity (Wildman–Crippen MR) is 85.5 cm³/mol. The number of alkyl halides is 3. The maximum atomic E-state index is 11.6. The molecule has 0 bridgehead atoms. The van der Waals surface area contributed by atoms with Crippen molar-refractivity contribution < 1.29 is 56.9 Å². The summed E-state index contributed by atoms with van der Waals surface area (Å²) in [6, 6.07) is 11.9. The molecule has 2 amide bonds. The van der Waals surface area contributed by atoms with E-state index in [0.717, 1.165) is 0 Å². The van der Waals surface area contributed by atoms with Crippen LogP contribution in [-0.4, -0.2) is 30.3 Å². The van der Waals surface area contributed by atoms with Crippen LogP contribution in [0.2, 0.25) is 0 Å². The van der Waals surface area contributed by atoms with Crippen LogP contribution in [0.15, 0.2) is 53.9 Å². The number of amides is 2. The standard InChI is InChI=1S/C14H9INO2S.CHF3O3S/c17-13-7-8-14(18)16(13)11-5-3-10(4-6-11)15-12-2-1-9-19-12;2-1(3,4)8(5,6)7/h1-9H;(H,5,6,7)/q+1;/p-1. The molecule has 1 aliphatic rings. The van der Waals surface area contributed by atoms with E-state index >= 15 is 0 Å². The topological polar surface area (TPSA) is 94.6 Å². The number of hydrogen-bond donors (Lipinski definition) is 0. The maximum absolute atomic E-state index is 11.6. The van der Waals surface area contributed by atoms with E-state index in [1.54, 1.807) is 11.3 Å². The van der Waals surface area contributed by atoms with Crippen molar-refractivity contribution in [3.05, 3.63) is 60.4 Å². The zero-order valence-corrected chi connectivity index (χ0v) is 16.8. The first-order chi connectivity index (χ1) is 12.5. The van der Waals surface area contributed by atoms with E-state index in [1.165, 1.54) is 23.5 Å². The lowest BCUT2D eigenvalue weighted by atomic mass is 10.3. The smallest absolute Gasteiger partial charge is 0.485 e. The van der Waals surface area contributed by atoms with Crippen LogP contribution in [0.4, 0.5) is 18.9 Å².